The van der Waals surface area contributed by atoms with E-state index >= 15 is 0 Å². The molecule has 9 heteroatoms. The molecule has 0 saturated heterocycles. The zero-order chi connectivity index (χ0) is 14.8. The van der Waals surface area contributed by atoms with Crippen LogP contribution in [0.1, 0.15) is 45.5 Å². The number of rotatable bonds is 2. The van der Waals surface area contributed by atoms with Gasteiger partial charge in [-0.25, -0.2) is 4.79 Å². The first-order valence-corrected chi connectivity index (χ1v) is 5.39. The van der Waals surface area contributed by atoms with Gasteiger partial charge in [-0.3, -0.25) is 0 Å². The molecule has 0 spiro atoms. The van der Waals surface area contributed by atoms with Gasteiger partial charge in [0.2, 0.25) is 5.89 Å². The molecular formula is C10H14F3N3O3. The molecule has 1 atom stereocenters. The van der Waals surface area contributed by atoms with Gasteiger partial charge in [0.25, 0.3) is 0 Å². The van der Waals surface area contributed by atoms with Gasteiger partial charge in [-0.05, 0) is 27.7 Å². The molecule has 1 aromatic rings. The number of amides is 1. The van der Waals surface area contributed by atoms with Crippen molar-refractivity contribution in [3.63, 3.8) is 0 Å². The van der Waals surface area contributed by atoms with Crippen LogP contribution in [0.4, 0.5) is 18.0 Å². The van der Waals surface area contributed by atoms with Crippen molar-refractivity contribution in [1.29, 1.82) is 0 Å². The van der Waals surface area contributed by atoms with Crippen molar-refractivity contribution >= 4 is 6.09 Å². The topological polar surface area (TPSA) is 77.2 Å². The van der Waals surface area contributed by atoms with Crippen LogP contribution in [0.2, 0.25) is 0 Å². The molecule has 1 amide bonds. The summed E-state index contributed by atoms with van der Waals surface area (Å²) in [5.74, 6) is -1.81. The second-order valence-corrected chi connectivity index (χ2v) is 4.81. The number of nitrogens with zero attached hydrogens (tertiary/aromatic N) is 2. The Labute approximate surface area is 107 Å². The highest BCUT2D eigenvalue weighted by molar-refractivity contribution is 5.68. The third-order valence-corrected chi connectivity index (χ3v) is 1.79. The number of ether oxygens (including phenoxy) is 1. The standard InChI is InChI=1S/C10H14F3N3O3/c1-5(14-8(17)19-9(2,3)4)6-15-16-7(18-6)10(11,12)13/h5H,1-4H3,(H,14,17)/t5-/m1/s1. The van der Waals surface area contributed by atoms with E-state index in [0.717, 1.165) is 0 Å². The van der Waals surface area contributed by atoms with Crippen molar-refractivity contribution in [3.05, 3.63) is 11.8 Å². The molecule has 0 aliphatic carbocycles. The number of carbonyl (C=O) groups is 1. The Bertz CT molecular complexity index is 451. The third kappa shape index (κ3) is 4.76. The third-order valence-electron chi connectivity index (χ3n) is 1.79. The SMILES string of the molecule is C[C@@H](NC(=O)OC(C)(C)C)c1nnc(C(F)(F)F)o1. The summed E-state index contributed by atoms with van der Waals surface area (Å²) >= 11 is 0. The summed E-state index contributed by atoms with van der Waals surface area (Å²) in [7, 11) is 0. The lowest BCUT2D eigenvalue weighted by molar-refractivity contribution is -0.157. The molecule has 0 radical (unpaired) electrons. The number of alkyl carbamates (subject to hydrolysis) is 1. The fourth-order valence-corrected chi connectivity index (χ4v) is 1.07. The lowest BCUT2D eigenvalue weighted by Gasteiger charge is -2.20. The Balaban J connectivity index is 2.66. The summed E-state index contributed by atoms with van der Waals surface area (Å²) in [6, 6.07) is -0.890. The summed E-state index contributed by atoms with van der Waals surface area (Å²) < 4.78 is 46.1. The van der Waals surface area contributed by atoms with Crippen LogP contribution in [-0.4, -0.2) is 21.9 Å². The van der Waals surface area contributed by atoms with Crippen LogP contribution in [0.5, 0.6) is 0 Å². The van der Waals surface area contributed by atoms with Gasteiger partial charge in [-0.1, -0.05) is 0 Å². The predicted molar refractivity (Wildman–Crippen MR) is 57.1 cm³/mol. The second kappa shape index (κ2) is 5.06. The smallest absolute Gasteiger partial charge is 0.444 e. The van der Waals surface area contributed by atoms with E-state index in [-0.39, 0.29) is 5.89 Å². The number of carbonyl (C=O) groups excluding carboxylic acids is 1. The summed E-state index contributed by atoms with van der Waals surface area (Å²) in [5, 5.41) is 8.37. The quantitative estimate of drug-likeness (QED) is 0.901. The van der Waals surface area contributed by atoms with Crippen molar-refractivity contribution in [1.82, 2.24) is 15.5 Å². The average Bonchev–Trinajstić information content (AvgIpc) is 2.61. The van der Waals surface area contributed by atoms with Crippen LogP contribution in [0.15, 0.2) is 4.42 Å². The minimum Gasteiger partial charge on any atom is -0.444 e. The van der Waals surface area contributed by atoms with Gasteiger partial charge in [0.15, 0.2) is 0 Å². The van der Waals surface area contributed by atoms with Crippen molar-refractivity contribution < 1.29 is 27.1 Å². The largest absolute Gasteiger partial charge is 0.470 e. The van der Waals surface area contributed by atoms with Crippen LogP contribution in [0, 0.1) is 0 Å². The van der Waals surface area contributed by atoms with E-state index in [1.54, 1.807) is 20.8 Å². The molecule has 0 aliphatic rings. The van der Waals surface area contributed by atoms with Crippen LogP contribution < -0.4 is 5.32 Å². The van der Waals surface area contributed by atoms with E-state index in [9.17, 15) is 18.0 Å². The normalized spacial score (nSPS) is 14.1. The zero-order valence-electron chi connectivity index (χ0n) is 10.8. The lowest BCUT2D eigenvalue weighted by Crippen LogP contribution is -2.34. The van der Waals surface area contributed by atoms with E-state index in [1.807, 2.05) is 0 Å². The lowest BCUT2D eigenvalue weighted by atomic mass is 10.2. The highest BCUT2D eigenvalue weighted by atomic mass is 19.4. The molecule has 0 fully saturated rings. The monoisotopic (exact) mass is 281 g/mol. The molecule has 1 heterocycles. The van der Waals surface area contributed by atoms with E-state index in [2.05, 4.69) is 19.9 Å². The first kappa shape index (κ1) is 15.3. The summed E-state index contributed by atoms with van der Waals surface area (Å²) in [4.78, 5) is 11.4. The number of hydrogen-bond donors (Lipinski definition) is 1. The van der Waals surface area contributed by atoms with Gasteiger partial charge in [0.1, 0.15) is 11.6 Å². The molecule has 1 aromatic heterocycles. The van der Waals surface area contributed by atoms with E-state index in [4.69, 9.17) is 4.74 Å². The first-order chi connectivity index (χ1) is 8.49. The predicted octanol–water partition coefficient (Wildman–Crippen LogP) is 2.67. The molecule has 0 bridgehead atoms. The van der Waals surface area contributed by atoms with E-state index < -0.39 is 29.8 Å². The minimum absolute atomic E-state index is 0.349. The highest BCUT2D eigenvalue weighted by Gasteiger charge is 2.38. The maximum absolute atomic E-state index is 12.2. The van der Waals surface area contributed by atoms with E-state index in [1.165, 1.54) is 6.92 Å². The van der Waals surface area contributed by atoms with E-state index in [0.29, 0.717) is 0 Å². The summed E-state index contributed by atoms with van der Waals surface area (Å²) in [6.07, 6.45) is -5.50. The maximum Gasteiger partial charge on any atom is 0.470 e. The summed E-state index contributed by atoms with van der Waals surface area (Å²) in [6.45, 7) is 6.38. The average molecular weight is 281 g/mol. The Morgan fingerprint density at radius 2 is 1.89 bits per heavy atom. The molecule has 0 saturated carbocycles. The fraction of sp³-hybridized carbons (Fsp3) is 0.700. The first-order valence-electron chi connectivity index (χ1n) is 5.39. The number of aromatic nitrogens is 2. The van der Waals surface area contributed by atoms with Crippen molar-refractivity contribution in [3.8, 4) is 0 Å². The molecule has 6 nitrogen and oxygen atoms in total. The van der Waals surface area contributed by atoms with Crippen LogP contribution in [0.25, 0.3) is 0 Å². The molecule has 0 aromatic carbocycles. The molecule has 1 N–H and O–H groups in total. The Kier molecular flexibility index (Phi) is 4.06. The van der Waals surface area contributed by atoms with Gasteiger partial charge < -0.3 is 14.5 Å². The summed E-state index contributed by atoms with van der Waals surface area (Å²) in [5.41, 5.74) is -0.713. The van der Waals surface area contributed by atoms with Crippen molar-refractivity contribution in [2.24, 2.45) is 0 Å². The van der Waals surface area contributed by atoms with Gasteiger partial charge in [0.05, 0.1) is 0 Å². The van der Waals surface area contributed by atoms with Gasteiger partial charge in [-0.15, -0.1) is 10.2 Å². The molecular weight excluding hydrogens is 267 g/mol. The minimum atomic E-state index is -4.71. The zero-order valence-corrected chi connectivity index (χ0v) is 10.8. The molecule has 19 heavy (non-hydrogen) atoms. The number of alkyl halides is 3. The van der Waals surface area contributed by atoms with Gasteiger partial charge in [-0.2, -0.15) is 13.2 Å². The Morgan fingerprint density at radius 3 is 2.32 bits per heavy atom. The van der Waals surface area contributed by atoms with Crippen LogP contribution >= 0.6 is 0 Å². The Hall–Kier alpha value is -1.80. The van der Waals surface area contributed by atoms with Gasteiger partial charge >= 0.3 is 18.2 Å². The molecule has 0 unspecified atom stereocenters. The van der Waals surface area contributed by atoms with Crippen molar-refractivity contribution in [2.75, 3.05) is 0 Å². The molecule has 108 valence electrons. The van der Waals surface area contributed by atoms with Gasteiger partial charge in [0, 0.05) is 0 Å². The fourth-order valence-electron chi connectivity index (χ4n) is 1.07. The second-order valence-electron chi connectivity index (χ2n) is 4.81. The number of halogens is 3. The van der Waals surface area contributed by atoms with Crippen LogP contribution in [0.3, 0.4) is 0 Å². The number of nitrogens with one attached hydrogen (secondary N) is 1. The van der Waals surface area contributed by atoms with Crippen LogP contribution in [-0.2, 0) is 10.9 Å². The highest BCUT2D eigenvalue weighted by Crippen LogP contribution is 2.28. The maximum atomic E-state index is 12.2. The molecule has 0 aliphatic heterocycles. The molecule has 1 rings (SSSR count). The van der Waals surface area contributed by atoms with Crippen molar-refractivity contribution in [2.45, 2.75) is 45.5 Å². The Morgan fingerprint density at radius 1 is 1.32 bits per heavy atom. The number of hydrogen-bond acceptors (Lipinski definition) is 5.